The molecule has 0 aliphatic rings. The van der Waals surface area contributed by atoms with Gasteiger partial charge in [0.2, 0.25) is 15.9 Å². The first-order valence-corrected chi connectivity index (χ1v) is 10.3. The Balaban J connectivity index is 2.06. The van der Waals surface area contributed by atoms with E-state index in [1.165, 1.54) is 44.1 Å². The van der Waals surface area contributed by atoms with Gasteiger partial charge in [0.25, 0.3) is 0 Å². The van der Waals surface area contributed by atoms with Gasteiger partial charge >= 0.3 is 0 Å². The predicted octanol–water partition coefficient (Wildman–Crippen LogP) is 3.33. The van der Waals surface area contributed by atoms with Gasteiger partial charge in [-0.1, -0.05) is 11.6 Å². The van der Waals surface area contributed by atoms with Gasteiger partial charge in [-0.2, -0.15) is 0 Å². The summed E-state index contributed by atoms with van der Waals surface area (Å²) in [7, 11) is 0.856. The molecule has 2 aromatic rings. The summed E-state index contributed by atoms with van der Waals surface area (Å²) in [5.74, 6) is 0.615. The van der Waals surface area contributed by atoms with Gasteiger partial charge in [0.05, 0.1) is 28.5 Å². The van der Waals surface area contributed by atoms with E-state index in [1.807, 2.05) is 24.3 Å². The molecule has 26 heavy (non-hydrogen) atoms. The fourth-order valence-corrected chi connectivity index (χ4v) is 3.77. The van der Waals surface area contributed by atoms with Crippen LogP contribution in [0.4, 0.5) is 5.69 Å². The highest BCUT2D eigenvalue weighted by Gasteiger charge is 2.19. The number of carbonyl (C=O) groups excluding carboxylic acids is 1. The van der Waals surface area contributed by atoms with Crippen molar-refractivity contribution in [3.63, 3.8) is 0 Å². The van der Waals surface area contributed by atoms with Gasteiger partial charge in [0, 0.05) is 19.0 Å². The molecule has 9 heteroatoms. The molecule has 1 N–H and O–H groups in total. The number of anilines is 1. The molecule has 2 aromatic carbocycles. The van der Waals surface area contributed by atoms with Crippen LogP contribution in [0.3, 0.4) is 0 Å². The number of hydrogen-bond acceptors (Lipinski definition) is 5. The van der Waals surface area contributed by atoms with Crippen LogP contribution in [-0.4, -0.2) is 45.6 Å². The third-order valence-electron chi connectivity index (χ3n) is 3.42. The Morgan fingerprint density at radius 3 is 2.42 bits per heavy atom. The lowest BCUT2D eigenvalue weighted by molar-refractivity contribution is -0.113. The van der Waals surface area contributed by atoms with Crippen molar-refractivity contribution >= 4 is 45.0 Å². The Kier molecular flexibility index (Phi) is 6.94. The molecule has 0 atom stereocenters. The number of hydrogen-bond donors (Lipinski definition) is 1. The van der Waals surface area contributed by atoms with Crippen molar-refractivity contribution in [2.75, 3.05) is 32.3 Å². The summed E-state index contributed by atoms with van der Waals surface area (Å²) in [5, 5.41) is 2.92. The van der Waals surface area contributed by atoms with E-state index in [1.54, 1.807) is 7.11 Å². The number of rotatable bonds is 7. The standard InChI is InChI=1S/C17H19ClN2O4S2/c1-20(2)26(22,23)14-8-9-15(18)16(10-14)19-17(21)11-25-13-6-4-12(24-3)5-7-13/h4-10H,11H2,1-3H3,(H,19,21). The van der Waals surface area contributed by atoms with Crippen LogP contribution in [0.15, 0.2) is 52.3 Å². The smallest absolute Gasteiger partial charge is 0.242 e. The van der Waals surface area contributed by atoms with E-state index in [-0.39, 0.29) is 27.3 Å². The predicted molar refractivity (Wildman–Crippen MR) is 105 cm³/mol. The maximum absolute atomic E-state index is 12.2. The number of sulfonamides is 1. The number of nitrogens with zero attached hydrogens (tertiary/aromatic N) is 1. The summed E-state index contributed by atoms with van der Waals surface area (Å²) in [6.07, 6.45) is 0. The average Bonchev–Trinajstić information content (AvgIpc) is 2.62. The van der Waals surface area contributed by atoms with Gasteiger partial charge in [-0.3, -0.25) is 4.79 Å². The second-order valence-corrected chi connectivity index (χ2v) is 9.05. The van der Waals surface area contributed by atoms with E-state index < -0.39 is 10.0 Å². The highest BCUT2D eigenvalue weighted by Crippen LogP contribution is 2.27. The Morgan fingerprint density at radius 1 is 1.19 bits per heavy atom. The minimum absolute atomic E-state index is 0.0602. The minimum Gasteiger partial charge on any atom is -0.497 e. The van der Waals surface area contributed by atoms with Crippen LogP contribution < -0.4 is 10.1 Å². The van der Waals surface area contributed by atoms with Gasteiger partial charge in [0.15, 0.2) is 0 Å². The number of halogens is 1. The molecule has 0 unspecified atom stereocenters. The lowest BCUT2D eigenvalue weighted by atomic mass is 10.3. The zero-order valence-electron chi connectivity index (χ0n) is 14.5. The molecule has 0 saturated heterocycles. The third-order valence-corrected chi connectivity index (χ3v) is 6.57. The number of benzene rings is 2. The molecule has 1 amide bonds. The van der Waals surface area contributed by atoms with E-state index in [9.17, 15) is 13.2 Å². The Labute approximate surface area is 162 Å². The second-order valence-electron chi connectivity index (χ2n) is 5.44. The zero-order valence-corrected chi connectivity index (χ0v) is 16.9. The summed E-state index contributed by atoms with van der Waals surface area (Å²) in [4.78, 5) is 13.2. The second kappa shape index (κ2) is 8.77. The lowest BCUT2D eigenvalue weighted by Gasteiger charge is -2.13. The average molecular weight is 415 g/mol. The molecule has 0 aliphatic heterocycles. The van der Waals surface area contributed by atoms with Crippen molar-refractivity contribution in [2.45, 2.75) is 9.79 Å². The molecule has 0 aromatic heterocycles. The van der Waals surface area contributed by atoms with Crippen LogP contribution in [0, 0.1) is 0 Å². The minimum atomic E-state index is -3.61. The lowest BCUT2D eigenvalue weighted by Crippen LogP contribution is -2.22. The monoisotopic (exact) mass is 414 g/mol. The fourth-order valence-electron chi connectivity index (χ4n) is 1.98. The van der Waals surface area contributed by atoms with Gasteiger partial charge < -0.3 is 10.1 Å². The van der Waals surface area contributed by atoms with Gasteiger partial charge in [-0.25, -0.2) is 12.7 Å². The SMILES string of the molecule is COc1ccc(SCC(=O)Nc2cc(S(=O)(=O)N(C)C)ccc2Cl)cc1. The van der Waals surface area contributed by atoms with E-state index in [0.29, 0.717) is 0 Å². The van der Waals surface area contributed by atoms with Crippen LogP contribution in [0.5, 0.6) is 5.75 Å². The maximum atomic E-state index is 12.2. The molecule has 0 radical (unpaired) electrons. The quantitative estimate of drug-likeness (QED) is 0.703. The Hall–Kier alpha value is -1.74. The van der Waals surface area contributed by atoms with Gasteiger partial charge in [-0.05, 0) is 42.5 Å². The van der Waals surface area contributed by atoms with E-state index >= 15 is 0 Å². The van der Waals surface area contributed by atoms with Crippen molar-refractivity contribution in [3.05, 3.63) is 47.5 Å². The Morgan fingerprint density at radius 2 is 1.85 bits per heavy atom. The molecule has 0 saturated carbocycles. The molecule has 2 rings (SSSR count). The number of nitrogens with one attached hydrogen (secondary N) is 1. The van der Waals surface area contributed by atoms with Crippen molar-refractivity contribution in [1.29, 1.82) is 0 Å². The number of ether oxygens (including phenoxy) is 1. The van der Waals surface area contributed by atoms with Crippen LogP contribution in [0.2, 0.25) is 5.02 Å². The maximum Gasteiger partial charge on any atom is 0.242 e. The van der Waals surface area contributed by atoms with Gasteiger partial charge in [0.1, 0.15) is 5.75 Å². The zero-order chi connectivity index (χ0) is 19.3. The van der Waals surface area contributed by atoms with Crippen molar-refractivity contribution in [1.82, 2.24) is 4.31 Å². The normalized spacial score (nSPS) is 11.4. The van der Waals surface area contributed by atoms with E-state index in [0.717, 1.165) is 15.0 Å². The number of amides is 1. The first kappa shape index (κ1) is 20.6. The van der Waals surface area contributed by atoms with Crippen molar-refractivity contribution in [2.24, 2.45) is 0 Å². The first-order valence-electron chi connectivity index (χ1n) is 7.53. The number of thioether (sulfide) groups is 1. The van der Waals surface area contributed by atoms with Crippen LogP contribution in [-0.2, 0) is 14.8 Å². The van der Waals surface area contributed by atoms with Crippen molar-refractivity contribution in [3.8, 4) is 5.75 Å². The molecule has 0 aliphatic carbocycles. The number of carbonyl (C=O) groups is 1. The molecule has 0 spiro atoms. The molecular weight excluding hydrogens is 396 g/mol. The fraction of sp³-hybridized carbons (Fsp3) is 0.235. The van der Waals surface area contributed by atoms with Crippen LogP contribution >= 0.6 is 23.4 Å². The summed E-state index contributed by atoms with van der Waals surface area (Å²) in [5.41, 5.74) is 0.259. The van der Waals surface area contributed by atoms with E-state index in [2.05, 4.69) is 5.32 Å². The highest BCUT2D eigenvalue weighted by atomic mass is 35.5. The van der Waals surface area contributed by atoms with Crippen LogP contribution in [0.25, 0.3) is 0 Å². The Bertz CT molecular complexity index is 884. The van der Waals surface area contributed by atoms with Crippen LogP contribution in [0.1, 0.15) is 0 Å². The molecular formula is C17H19ClN2O4S2. The molecule has 0 fully saturated rings. The highest BCUT2D eigenvalue weighted by molar-refractivity contribution is 8.00. The topological polar surface area (TPSA) is 75.7 Å². The largest absolute Gasteiger partial charge is 0.497 e. The molecule has 6 nitrogen and oxygen atoms in total. The first-order chi connectivity index (χ1) is 12.2. The number of methoxy groups -OCH3 is 1. The van der Waals surface area contributed by atoms with Gasteiger partial charge in [-0.15, -0.1) is 11.8 Å². The van der Waals surface area contributed by atoms with E-state index in [4.69, 9.17) is 16.3 Å². The summed E-state index contributed by atoms with van der Waals surface area (Å²) < 4.78 is 30.6. The molecule has 0 bridgehead atoms. The summed E-state index contributed by atoms with van der Waals surface area (Å²) in [6.45, 7) is 0. The summed E-state index contributed by atoms with van der Waals surface area (Å²) in [6, 6.07) is 11.5. The molecule has 0 heterocycles. The summed E-state index contributed by atoms with van der Waals surface area (Å²) >= 11 is 7.43. The third kappa shape index (κ3) is 5.14. The van der Waals surface area contributed by atoms with Crippen molar-refractivity contribution < 1.29 is 17.9 Å². The molecule has 140 valence electrons.